The Bertz CT molecular complexity index is 691. The summed E-state index contributed by atoms with van der Waals surface area (Å²) < 4.78 is 0. The van der Waals surface area contributed by atoms with Gasteiger partial charge in [0.2, 0.25) is 0 Å². The van der Waals surface area contributed by atoms with Crippen LogP contribution in [0, 0.1) is 0 Å². The van der Waals surface area contributed by atoms with Crippen molar-refractivity contribution in [3.8, 4) is 0 Å². The predicted octanol–water partition coefficient (Wildman–Crippen LogP) is 4.94. The molecule has 118 valence electrons. The van der Waals surface area contributed by atoms with E-state index >= 15 is 0 Å². The largest absolute Gasteiger partial charge is 0.478 e. The van der Waals surface area contributed by atoms with E-state index in [1.165, 1.54) is 0 Å². The molecule has 22 heavy (non-hydrogen) atoms. The fourth-order valence-electron chi connectivity index (χ4n) is 3.29. The summed E-state index contributed by atoms with van der Waals surface area (Å²) in [5, 5.41) is 11.1. The highest BCUT2D eigenvalue weighted by Crippen LogP contribution is 2.34. The van der Waals surface area contributed by atoms with Gasteiger partial charge >= 0.3 is 5.97 Å². The van der Waals surface area contributed by atoms with E-state index < -0.39 is 5.97 Å². The molecule has 0 saturated carbocycles. The van der Waals surface area contributed by atoms with Crippen LogP contribution in [0.5, 0.6) is 0 Å². The number of anilines is 1. The highest BCUT2D eigenvalue weighted by atomic mass is 16.4. The van der Waals surface area contributed by atoms with Crippen LogP contribution in [-0.2, 0) is 0 Å². The van der Waals surface area contributed by atoms with E-state index in [9.17, 15) is 4.79 Å². The first-order chi connectivity index (χ1) is 10.00. The lowest BCUT2D eigenvalue weighted by atomic mass is 9.94. The molecule has 0 radical (unpaired) electrons. The van der Waals surface area contributed by atoms with E-state index in [1.807, 2.05) is 12.1 Å². The Morgan fingerprint density at radius 3 is 1.86 bits per heavy atom. The smallest absolute Gasteiger partial charge is 0.335 e. The zero-order chi connectivity index (χ0) is 16.7. The minimum atomic E-state index is -0.892. The predicted molar refractivity (Wildman–Crippen MR) is 92.9 cm³/mol. The van der Waals surface area contributed by atoms with Gasteiger partial charge in [0.25, 0.3) is 0 Å². The summed E-state index contributed by atoms with van der Waals surface area (Å²) >= 11 is 0. The third-order valence-corrected chi connectivity index (χ3v) is 3.67. The van der Waals surface area contributed by atoms with Gasteiger partial charge in [-0.25, -0.2) is 4.79 Å². The molecular formula is C19H25NO2. The van der Waals surface area contributed by atoms with Crippen LogP contribution in [0.4, 0.5) is 5.69 Å². The molecule has 0 aliphatic rings. The lowest BCUT2D eigenvalue weighted by molar-refractivity contribution is 0.0697. The Morgan fingerprint density at radius 1 is 0.864 bits per heavy atom. The number of fused-ring (bicyclic) bond motifs is 1. The summed E-state index contributed by atoms with van der Waals surface area (Å²) in [6.45, 7) is 13.2. The molecule has 0 aliphatic carbocycles. The van der Waals surface area contributed by atoms with Gasteiger partial charge in [0.1, 0.15) is 0 Å². The highest BCUT2D eigenvalue weighted by molar-refractivity contribution is 5.95. The fraction of sp³-hybridized carbons (Fsp3) is 0.421. The lowest BCUT2D eigenvalue weighted by Gasteiger charge is -2.47. The molecule has 0 unspecified atom stereocenters. The Balaban J connectivity index is 2.57. The molecule has 3 heteroatoms. The van der Waals surface area contributed by atoms with E-state index in [4.69, 9.17) is 5.11 Å². The third kappa shape index (κ3) is 3.24. The van der Waals surface area contributed by atoms with E-state index in [0.717, 1.165) is 16.5 Å². The maximum absolute atomic E-state index is 11.1. The number of hydrogen-bond donors (Lipinski definition) is 1. The second-order valence-corrected chi connectivity index (χ2v) is 7.73. The van der Waals surface area contributed by atoms with Gasteiger partial charge in [-0.3, -0.25) is 0 Å². The number of hydrogen-bond acceptors (Lipinski definition) is 2. The fourth-order valence-corrected chi connectivity index (χ4v) is 3.29. The monoisotopic (exact) mass is 299 g/mol. The molecule has 0 aromatic heterocycles. The third-order valence-electron chi connectivity index (χ3n) is 3.67. The van der Waals surface area contributed by atoms with Gasteiger partial charge in [0.15, 0.2) is 0 Å². The molecular weight excluding hydrogens is 274 g/mol. The van der Waals surface area contributed by atoms with E-state index in [2.05, 4.69) is 58.6 Å². The van der Waals surface area contributed by atoms with Gasteiger partial charge in [-0.05, 0) is 76.6 Å². The summed E-state index contributed by atoms with van der Waals surface area (Å²) in [6.07, 6.45) is 0. The topological polar surface area (TPSA) is 40.5 Å². The van der Waals surface area contributed by atoms with E-state index in [-0.39, 0.29) is 11.1 Å². The lowest BCUT2D eigenvalue weighted by Crippen LogP contribution is -2.53. The summed E-state index contributed by atoms with van der Waals surface area (Å²) in [7, 11) is 0. The Labute approximate surface area is 132 Å². The van der Waals surface area contributed by atoms with Crippen LogP contribution < -0.4 is 4.90 Å². The summed E-state index contributed by atoms with van der Waals surface area (Å²) in [5.74, 6) is -0.892. The molecule has 2 aromatic rings. The highest BCUT2D eigenvalue weighted by Gasteiger charge is 2.31. The number of nitrogens with zero attached hydrogens (tertiary/aromatic N) is 1. The van der Waals surface area contributed by atoms with Crippen molar-refractivity contribution < 1.29 is 9.90 Å². The van der Waals surface area contributed by atoms with Gasteiger partial charge in [-0.2, -0.15) is 0 Å². The van der Waals surface area contributed by atoms with Crippen molar-refractivity contribution in [2.75, 3.05) is 4.90 Å². The van der Waals surface area contributed by atoms with Gasteiger partial charge in [0, 0.05) is 16.8 Å². The van der Waals surface area contributed by atoms with Crippen LogP contribution in [-0.4, -0.2) is 22.2 Å². The van der Waals surface area contributed by atoms with Crippen LogP contribution >= 0.6 is 0 Å². The Morgan fingerprint density at radius 2 is 1.36 bits per heavy atom. The normalized spacial score (nSPS) is 12.5. The quantitative estimate of drug-likeness (QED) is 0.853. The maximum atomic E-state index is 11.1. The first-order valence-corrected chi connectivity index (χ1v) is 7.57. The molecule has 2 aromatic carbocycles. The van der Waals surface area contributed by atoms with Crippen molar-refractivity contribution in [1.29, 1.82) is 0 Å². The van der Waals surface area contributed by atoms with E-state index in [1.54, 1.807) is 12.1 Å². The zero-order valence-electron chi connectivity index (χ0n) is 14.3. The molecule has 0 fully saturated rings. The SMILES string of the molecule is CC(C)(C)N(c1ccc2cc(C(=O)O)ccc2c1)C(C)(C)C. The molecule has 3 nitrogen and oxygen atoms in total. The number of rotatable bonds is 2. The van der Waals surface area contributed by atoms with Crippen molar-refractivity contribution in [2.24, 2.45) is 0 Å². The van der Waals surface area contributed by atoms with E-state index in [0.29, 0.717) is 5.56 Å². The van der Waals surface area contributed by atoms with Gasteiger partial charge < -0.3 is 10.0 Å². The van der Waals surface area contributed by atoms with Gasteiger partial charge in [0.05, 0.1) is 5.56 Å². The second kappa shape index (κ2) is 5.31. The standard InChI is InChI=1S/C19H25NO2/c1-18(2,3)20(19(4,5)6)16-10-9-13-11-15(17(21)22)8-7-14(13)12-16/h7-12H,1-6H3,(H,21,22). The molecule has 0 aliphatic heterocycles. The van der Waals surface area contributed by atoms with Crippen LogP contribution in [0.3, 0.4) is 0 Å². The minimum Gasteiger partial charge on any atom is -0.478 e. The van der Waals surface area contributed by atoms with Crippen LogP contribution in [0.1, 0.15) is 51.9 Å². The summed E-state index contributed by atoms with van der Waals surface area (Å²) in [6, 6.07) is 11.5. The maximum Gasteiger partial charge on any atom is 0.335 e. The van der Waals surface area contributed by atoms with Crippen molar-refractivity contribution in [2.45, 2.75) is 52.6 Å². The molecule has 2 rings (SSSR count). The average molecular weight is 299 g/mol. The Hall–Kier alpha value is -2.03. The van der Waals surface area contributed by atoms with Crippen LogP contribution in [0.15, 0.2) is 36.4 Å². The molecule has 0 bridgehead atoms. The second-order valence-electron chi connectivity index (χ2n) is 7.73. The molecule has 0 saturated heterocycles. The van der Waals surface area contributed by atoms with Gasteiger partial charge in [-0.1, -0.05) is 12.1 Å². The summed E-state index contributed by atoms with van der Waals surface area (Å²) in [4.78, 5) is 13.5. The van der Waals surface area contributed by atoms with Crippen molar-refractivity contribution in [3.63, 3.8) is 0 Å². The van der Waals surface area contributed by atoms with Crippen molar-refractivity contribution >= 4 is 22.4 Å². The van der Waals surface area contributed by atoms with Crippen molar-refractivity contribution in [1.82, 2.24) is 0 Å². The summed E-state index contributed by atoms with van der Waals surface area (Å²) in [5.41, 5.74) is 1.46. The number of carbonyl (C=O) groups is 1. The number of aromatic carboxylic acids is 1. The first kappa shape index (κ1) is 16.3. The van der Waals surface area contributed by atoms with Crippen molar-refractivity contribution in [3.05, 3.63) is 42.0 Å². The number of carboxylic acids is 1. The molecule has 1 N–H and O–H groups in total. The zero-order valence-corrected chi connectivity index (χ0v) is 14.3. The number of carboxylic acid groups (broad SMARTS) is 1. The van der Waals surface area contributed by atoms with Crippen LogP contribution in [0.25, 0.3) is 10.8 Å². The number of benzene rings is 2. The molecule has 0 heterocycles. The van der Waals surface area contributed by atoms with Gasteiger partial charge in [-0.15, -0.1) is 0 Å². The Kier molecular flexibility index (Phi) is 3.94. The molecule has 0 spiro atoms. The average Bonchev–Trinajstić information content (AvgIpc) is 2.34. The molecule has 0 atom stereocenters. The molecule has 0 amide bonds. The van der Waals surface area contributed by atoms with Crippen LogP contribution in [0.2, 0.25) is 0 Å². The first-order valence-electron chi connectivity index (χ1n) is 7.57. The minimum absolute atomic E-state index is 0.00701.